The summed E-state index contributed by atoms with van der Waals surface area (Å²) in [6.07, 6.45) is 14.1. The van der Waals surface area contributed by atoms with Gasteiger partial charge in [-0.3, -0.25) is 0 Å². The molecule has 0 saturated carbocycles. The minimum Gasteiger partial charge on any atom is -0.402 e. The van der Waals surface area contributed by atoms with Gasteiger partial charge in [0.1, 0.15) is 0 Å². The molecule has 0 radical (unpaired) electrons. The predicted molar refractivity (Wildman–Crippen MR) is 71.9 cm³/mol. The van der Waals surface area contributed by atoms with E-state index in [-0.39, 0.29) is 0 Å². The van der Waals surface area contributed by atoms with Crippen LogP contribution in [0.4, 0.5) is 0 Å². The second kappa shape index (κ2) is 6.37. The Bertz CT molecular complexity index is 342. The third kappa shape index (κ3) is 3.41. The molecular weight excluding hydrogens is 194 g/mol. The lowest BCUT2D eigenvalue weighted by atomic mass is 9.92. The quantitative estimate of drug-likeness (QED) is 0.705. The van der Waals surface area contributed by atoms with Gasteiger partial charge < -0.3 is 5.73 Å². The van der Waals surface area contributed by atoms with Crippen LogP contribution in [0.5, 0.6) is 0 Å². The van der Waals surface area contributed by atoms with Crippen molar-refractivity contribution in [1.29, 1.82) is 0 Å². The van der Waals surface area contributed by atoms with Gasteiger partial charge in [-0.05, 0) is 36.8 Å². The van der Waals surface area contributed by atoms with Crippen LogP contribution in [0.2, 0.25) is 0 Å². The molecule has 1 aliphatic carbocycles. The fourth-order valence-corrected chi connectivity index (χ4v) is 1.89. The number of rotatable bonds is 4. The molecule has 1 aliphatic rings. The summed E-state index contributed by atoms with van der Waals surface area (Å²) in [5.74, 6) is 0.656. The highest BCUT2D eigenvalue weighted by Gasteiger charge is 2.08. The van der Waals surface area contributed by atoms with Gasteiger partial charge in [0.25, 0.3) is 0 Å². The van der Waals surface area contributed by atoms with Crippen LogP contribution in [0.25, 0.3) is 0 Å². The van der Waals surface area contributed by atoms with Crippen LogP contribution >= 0.6 is 0 Å². The van der Waals surface area contributed by atoms with E-state index in [0.29, 0.717) is 5.92 Å². The molecule has 1 unspecified atom stereocenters. The first kappa shape index (κ1) is 12.8. The first-order valence-corrected chi connectivity index (χ1v) is 6.19. The SMILES string of the molecule is C/C=C\C(C1=CCC(C)C=C1)=C(\N)CCC. The van der Waals surface area contributed by atoms with Crippen molar-refractivity contribution in [3.8, 4) is 0 Å². The maximum absolute atomic E-state index is 6.13. The van der Waals surface area contributed by atoms with Gasteiger partial charge in [-0.15, -0.1) is 0 Å². The molecule has 0 saturated heterocycles. The number of nitrogens with two attached hydrogens (primary N) is 1. The fraction of sp³-hybridized carbons (Fsp3) is 0.467. The minimum absolute atomic E-state index is 0.656. The van der Waals surface area contributed by atoms with Crippen molar-refractivity contribution in [3.05, 3.63) is 47.2 Å². The summed E-state index contributed by atoms with van der Waals surface area (Å²) in [6.45, 7) is 6.43. The van der Waals surface area contributed by atoms with Gasteiger partial charge >= 0.3 is 0 Å². The molecule has 0 aromatic carbocycles. The van der Waals surface area contributed by atoms with Crippen LogP contribution in [-0.4, -0.2) is 0 Å². The fourth-order valence-electron chi connectivity index (χ4n) is 1.89. The molecule has 0 aliphatic heterocycles. The molecule has 0 aromatic heterocycles. The Hall–Kier alpha value is -1.24. The van der Waals surface area contributed by atoms with Crippen LogP contribution in [0.3, 0.4) is 0 Å². The highest BCUT2D eigenvalue weighted by molar-refractivity contribution is 5.49. The van der Waals surface area contributed by atoms with Crippen LogP contribution < -0.4 is 5.73 Å². The summed E-state index contributed by atoms with van der Waals surface area (Å²) in [5.41, 5.74) is 9.62. The standard InChI is InChI=1S/C15H23N/c1-4-6-14(15(16)7-5-2)13-10-8-12(3)9-11-13/h4,6,8,10-12H,5,7,9,16H2,1-3H3/b6-4-,15-14-. The monoisotopic (exact) mass is 217 g/mol. The van der Waals surface area contributed by atoms with Crippen molar-refractivity contribution in [2.75, 3.05) is 0 Å². The van der Waals surface area contributed by atoms with Crippen molar-refractivity contribution in [1.82, 2.24) is 0 Å². The predicted octanol–water partition coefficient (Wildman–Crippen LogP) is 4.10. The highest BCUT2D eigenvalue weighted by atomic mass is 14.6. The van der Waals surface area contributed by atoms with Gasteiger partial charge in [0, 0.05) is 5.70 Å². The van der Waals surface area contributed by atoms with Crippen LogP contribution in [0.15, 0.2) is 47.2 Å². The molecule has 0 bridgehead atoms. The third-order valence-corrected chi connectivity index (χ3v) is 2.82. The lowest BCUT2D eigenvalue weighted by Crippen LogP contribution is -2.04. The second-order valence-corrected chi connectivity index (χ2v) is 4.42. The first-order chi connectivity index (χ1) is 7.69. The zero-order valence-electron chi connectivity index (χ0n) is 10.7. The summed E-state index contributed by atoms with van der Waals surface area (Å²) in [7, 11) is 0. The minimum atomic E-state index is 0.656. The summed E-state index contributed by atoms with van der Waals surface area (Å²) in [6, 6.07) is 0. The lowest BCUT2D eigenvalue weighted by molar-refractivity contribution is 0.731. The molecule has 0 fully saturated rings. The maximum atomic E-state index is 6.13. The molecule has 1 heteroatoms. The molecule has 0 amide bonds. The van der Waals surface area contributed by atoms with Crippen molar-refractivity contribution in [2.24, 2.45) is 11.7 Å². The van der Waals surface area contributed by atoms with Crippen molar-refractivity contribution in [2.45, 2.75) is 40.0 Å². The zero-order chi connectivity index (χ0) is 12.0. The van der Waals surface area contributed by atoms with E-state index in [1.165, 1.54) is 11.1 Å². The molecular formula is C15H23N. The Kier molecular flexibility index (Phi) is 5.10. The van der Waals surface area contributed by atoms with Gasteiger partial charge in [-0.2, -0.15) is 0 Å². The second-order valence-electron chi connectivity index (χ2n) is 4.42. The maximum Gasteiger partial charge on any atom is 0.0160 e. The van der Waals surface area contributed by atoms with E-state index in [2.05, 4.69) is 44.2 Å². The molecule has 16 heavy (non-hydrogen) atoms. The van der Waals surface area contributed by atoms with Crippen LogP contribution in [0, 0.1) is 5.92 Å². The van der Waals surface area contributed by atoms with Crippen LogP contribution in [-0.2, 0) is 0 Å². The Balaban J connectivity index is 2.95. The third-order valence-electron chi connectivity index (χ3n) is 2.82. The smallest absolute Gasteiger partial charge is 0.0160 e. The Morgan fingerprint density at radius 3 is 2.81 bits per heavy atom. The summed E-state index contributed by atoms with van der Waals surface area (Å²) in [4.78, 5) is 0. The normalized spacial score (nSPS) is 22.2. The molecule has 1 atom stereocenters. The summed E-state index contributed by atoms with van der Waals surface area (Å²) in [5, 5.41) is 0. The first-order valence-electron chi connectivity index (χ1n) is 6.19. The zero-order valence-corrected chi connectivity index (χ0v) is 10.7. The van der Waals surface area contributed by atoms with Crippen molar-refractivity contribution < 1.29 is 0 Å². The van der Waals surface area contributed by atoms with E-state index < -0.39 is 0 Å². The number of hydrogen-bond acceptors (Lipinski definition) is 1. The molecule has 1 nitrogen and oxygen atoms in total. The van der Waals surface area contributed by atoms with Gasteiger partial charge in [-0.1, -0.05) is 50.6 Å². The molecule has 1 rings (SSSR count). The largest absolute Gasteiger partial charge is 0.402 e. The molecule has 0 spiro atoms. The average Bonchev–Trinajstić information content (AvgIpc) is 2.28. The van der Waals surface area contributed by atoms with E-state index in [9.17, 15) is 0 Å². The number of hydrogen-bond donors (Lipinski definition) is 1. The van der Waals surface area contributed by atoms with Gasteiger partial charge in [0.05, 0.1) is 0 Å². The average molecular weight is 217 g/mol. The van der Waals surface area contributed by atoms with E-state index in [1.54, 1.807) is 0 Å². The van der Waals surface area contributed by atoms with Gasteiger partial charge in [0.2, 0.25) is 0 Å². The molecule has 88 valence electrons. The molecule has 0 heterocycles. The molecule has 2 N–H and O–H groups in total. The van der Waals surface area contributed by atoms with E-state index >= 15 is 0 Å². The van der Waals surface area contributed by atoms with E-state index in [0.717, 1.165) is 25.0 Å². The van der Waals surface area contributed by atoms with Crippen molar-refractivity contribution >= 4 is 0 Å². The number of allylic oxidation sites excluding steroid dienone is 8. The summed E-state index contributed by atoms with van der Waals surface area (Å²) < 4.78 is 0. The Morgan fingerprint density at radius 2 is 2.31 bits per heavy atom. The van der Waals surface area contributed by atoms with E-state index in [1.807, 2.05) is 6.92 Å². The molecule has 0 aromatic rings. The van der Waals surface area contributed by atoms with Gasteiger partial charge in [0.15, 0.2) is 0 Å². The lowest BCUT2D eigenvalue weighted by Gasteiger charge is -2.15. The van der Waals surface area contributed by atoms with E-state index in [4.69, 9.17) is 5.73 Å². The van der Waals surface area contributed by atoms with Crippen molar-refractivity contribution in [3.63, 3.8) is 0 Å². The Morgan fingerprint density at radius 1 is 1.56 bits per heavy atom. The summed E-state index contributed by atoms with van der Waals surface area (Å²) >= 11 is 0. The Labute approximate surface area is 99.4 Å². The highest BCUT2D eigenvalue weighted by Crippen LogP contribution is 2.24. The topological polar surface area (TPSA) is 26.0 Å². The van der Waals surface area contributed by atoms with Crippen LogP contribution in [0.1, 0.15) is 40.0 Å². The van der Waals surface area contributed by atoms with Gasteiger partial charge in [-0.25, -0.2) is 0 Å².